The molecule has 16 heteroatoms. The van der Waals surface area contributed by atoms with E-state index in [-0.39, 0.29) is 0 Å². The van der Waals surface area contributed by atoms with Crippen molar-refractivity contribution in [2.45, 2.75) is 49.9 Å². The summed E-state index contributed by atoms with van der Waals surface area (Å²) in [4.78, 5) is 80.3. The van der Waals surface area contributed by atoms with Crippen LogP contribution in [0.15, 0.2) is 0 Å². The average Bonchev–Trinajstić information content (AvgIpc) is 2.67. The van der Waals surface area contributed by atoms with Crippen LogP contribution in [-0.4, -0.2) is 97.9 Å². The van der Waals surface area contributed by atoms with Crippen LogP contribution in [0, 0.1) is 0 Å². The smallest absolute Gasteiger partial charge is 0.326 e. The van der Waals surface area contributed by atoms with Gasteiger partial charge in [0.25, 0.3) is 0 Å². The third kappa shape index (κ3) is 10.8. The van der Waals surface area contributed by atoms with Crippen LogP contribution in [-0.2, 0) is 33.6 Å². The van der Waals surface area contributed by atoms with E-state index in [4.69, 9.17) is 31.3 Å². The molecule has 0 saturated heterocycles. The summed E-state index contributed by atoms with van der Waals surface area (Å²) in [5.74, 6) is -9.79. The molecule has 0 aliphatic heterocycles. The molecule has 0 aromatic heterocycles. The molecular formula is C16H24N4O12. The number of hydrogen-bond donors (Lipinski definition) is 9. The maximum absolute atomic E-state index is 12.5. The number of aliphatic hydroxyl groups excluding tert-OH is 1. The number of carboxylic acid groups (broad SMARTS) is 4. The average molecular weight is 464 g/mol. The molecule has 0 bridgehead atoms. The Balaban J connectivity index is 5.58. The van der Waals surface area contributed by atoms with Gasteiger partial charge in [-0.05, 0) is 6.42 Å². The van der Waals surface area contributed by atoms with Gasteiger partial charge in [0.2, 0.25) is 17.7 Å². The van der Waals surface area contributed by atoms with Gasteiger partial charge in [0.1, 0.15) is 24.2 Å². The molecule has 0 rings (SSSR count). The number of rotatable bonds is 15. The van der Waals surface area contributed by atoms with Gasteiger partial charge in [-0.2, -0.15) is 0 Å². The fourth-order valence-corrected chi connectivity index (χ4v) is 2.20. The molecular weight excluding hydrogens is 440 g/mol. The lowest BCUT2D eigenvalue weighted by Crippen LogP contribution is -2.58. The minimum Gasteiger partial charge on any atom is -0.481 e. The number of nitrogens with two attached hydrogens (primary N) is 1. The van der Waals surface area contributed by atoms with Crippen LogP contribution in [0.25, 0.3) is 0 Å². The maximum Gasteiger partial charge on any atom is 0.326 e. The highest BCUT2D eigenvalue weighted by atomic mass is 16.4. The van der Waals surface area contributed by atoms with Crippen molar-refractivity contribution in [3.05, 3.63) is 0 Å². The summed E-state index contributed by atoms with van der Waals surface area (Å²) in [5, 5.41) is 50.2. The van der Waals surface area contributed by atoms with Crippen LogP contribution in [0.5, 0.6) is 0 Å². The van der Waals surface area contributed by atoms with Crippen molar-refractivity contribution in [1.82, 2.24) is 16.0 Å². The van der Waals surface area contributed by atoms with Crippen LogP contribution in [0.1, 0.15) is 25.7 Å². The molecule has 0 aliphatic rings. The first-order chi connectivity index (χ1) is 14.8. The van der Waals surface area contributed by atoms with E-state index in [1.54, 1.807) is 0 Å². The highest BCUT2D eigenvalue weighted by molar-refractivity contribution is 5.96. The molecule has 10 N–H and O–H groups in total. The maximum atomic E-state index is 12.5. The number of aliphatic carboxylic acids is 4. The number of carboxylic acids is 4. The lowest BCUT2D eigenvalue weighted by Gasteiger charge is -2.24. The second-order valence-electron chi connectivity index (χ2n) is 6.44. The molecule has 4 atom stereocenters. The van der Waals surface area contributed by atoms with Gasteiger partial charge in [0, 0.05) is 6.42 Å². The molecule has 0 spiro atoms. The van der Waals surface area contributed by atoms with E-state index in [1.165, 1.54) is 0 Å². The molecule has 0 radical (unpaired) electrons. The number of amides is 3. The highest BCUT2D eigenvalue weighted by Gasteiger charge is 2.32. The van der Waals surface area contributed by atoms with Gasteiger partial charge in [-0.15, -0.1) is 0 Å². The van der Waals surface area contributed by atoms with E-state index >= 15 is 0 Å². The minimum atomic E-state index is -1.90. The zero-order valence-corrected chi connectivity index (χ0v) is 16.5. The standard InChI is InChI=1S/C16H24N4O12/c17-6(5-21)13(28)19-8(3-11(24)25)15(30)18-7(1-2-10(22)23)14(29)20-9(16(31)32)4-12(26)27/h6-9,21H,1-5,17H2,(H,18,30)(H,19,28)(H,20,29)(H,22,23)(H,24,25)(H,26,27)(H,31,32). The molecule has 0 aliphatic carbocycles. The zero-order chi connectivity index (χ0) is 25.0. The first kappa shape index (κ1) is 28.2. The Kier molecular flexibility index (Phi) is 11.9. The summed E-state index contributed by atoms with van der Waals surface area (Å²) in [6.45, 7) is -0.822. The van der Waals surface area contributed by atoms with Crippen LogP contribution in [0.4, 0.5) is 0 Å². The van der Waals surface area contributed by atoms with Crippen molar-refractivity contribution in [2.75, 3.05) is 6.61 Å². The normalized spacial score (nSPS) is 14.2. The molecule has 0 aromatic carbocycles. The van der Waals surface area contributed by atoms with Gasteiger partial charge in [-0.25, -0.2) is 4.79 Å². The molecule has 0 aromatic rings. The molecule has 0 heterocycles. The quantitative estimate of drug-likeness (QED) is 0.111. The monoisotopic (exact) mass is 464 g/mol. The van der Waals surface area contributed by atoms with Crippen LogP contribution < -0.4 is 21.7 Å². The van der Waals surface area contributed by atoms with Crippen LogP contribution in [0.3, 0.4) is 0 Å². The number of carbonyl (C=O) groups is 7. The first-order valence-corrected chi connectivity index (χ1v) is 8.94. The Hall–Kier alpha value is -3.79. The van der Waals surface area contributed by atoms with Gasteiger partial charge < -0.3 is 47.2 Å². The second kappa shape index (κ2) is 13.5. The van der Waals surface area contributed by atoms with Crippen molar-refractivity contribution in [3.63, 3.8) is 0 Å². The largest absolute Gasteiger partial charge is 0.481 e. The number of aliphatic hydroxyl groups is 1. The Morgan fingerprint density at radius 1 is 0.656 bits per heavy atom. The van der Waals surface area contributed by atoms with E-state index in [9.17, 15) is 33.6 Å². The second-order valence-corrected chi connectivity index (χ2v) is 6.44. The Morgan fingerprint density at radius 2 is 1.09 bits per heavy atom. The third-order valence-electron chi connectivity index (χ3n) is 3.82. The summed E-state index contributed by atoms with van der Waals surface area (Å²) in [6, 6.07) is -6.89. The van der Waals surface area contributed by atoms with Crippen molar-refractivity contribution >= 4 is 41.6 Å². The predicted octanol–water partition coefficient (Wildman–Crippen LogP) is -4.34. The third-order valence-corrected chi connectivity index (χ3v) is 3.82. The lowest BCUT2D eigenvalue weighted by molar-refractivity contribution is -0.147. The Morgan fingerprint density at radius 3 is 1.53 bits per heavy atom. The zero-order valence-electron chi connectivity index (χ0n) is 16.5. The number of hydrogen-bond acceptors (Lipinski definition) is 9. The minimum absolute atomic E-state index is 0.573. The number of nitrogens with one attached hydrogen (secondary N) is 3. The molecule has 0 fully saturated rings. The molecule has 16 nitrogen and oxygen atoms in total. The van der Waals surface area contributed by atoms with E-state index in [1.807, 2.05) is 16.0 Å². The summed E-state index contributed by atoms with van der Waals surface area (Å²) >= 11 is 0. The Bertz CT molecular complexity index is 755. The van der Waals surface area contributed by atoms with Gasteiger partial charge in [-0.3, -0.25) is 28.8 Å². The summed E-state index contributed by atoms with van der Waals surface area (Å²) in [5.41, 5.74) is 5.27. The van der Waals surface area contributed by atoms with Crippen molar-refractivity contribution < 1.29 is 59.1 Å². The molecule has 4 unspecified atom stereocenters. The van der Waals surface area contributed by atoms with Crippen molar-refractivity contribution in [1.29, 1.82) is 0 Å². The predicted molar refractivity (Wildman–Crippen MR) is 99.9 cm³/mol. The van der Waals surface area contributed by atoms with Gasteiger partial charge in [0.15, 0.2) is 0 Å². The highest BCUT2D eigenvalue weighted by Crippen LogP contribution is 2.04. The fourth-order valence-electron chi connectivity index (χ4n) is 2.20. The molecule has 32 heavy (non-hydrogen) atoms. The van der Waals surface area contributed by atoms with Gasteiger partial charge >= 0.3 is 23.9 Å². The fraction of sp³-hybridized carbons (Fsp3) is 0.562. The van der Waals surface area contributed by atoms with E-state index in [2.05, 4.69) is 0 Å². The van der Waals surface area contributed by atoms with Crippen molar-refractivity contribution in [3.8, 4) is 0 Å². The Labute approximate surface area is 179 Å². The van der Waals surface area contributed by atoms with Crippen molar-refractivity contribution in [2.24, 2.45) is 5.73 Å². The topological polar surface area (TPSA) is 283 Å². The van der Waals surface area contributed by atoms with E-state index in [0.717, 1.165) is 0 Å². The van der Waals surface area contributed by atoms with E-state index in [0.29, 0.717) is 0 Å². The SMILES string of the molecule is NC(CO)C(=O)NC(CC(=O)O)C(=O)NC(CCC(=O)O)C(=O)NC(CC(=O)O)C(=O)O. The molecule has 0 saturated carbocycles. The van der Waals surface area contributed by atoms with Gasteiger partial charge in [-0.1, -0.05) is 0 Å². The van der Waals surface area contributed by atoms with Gasteiger partial charge in [0.05, 0.1) is 19.4 Å². The molecule has 3 amide bonds. The van der Waals surface area contributed by atoms with Crippen LogP contribution >= 0.6 is 0 Å². The molecule has 180 valence electrons. The number of carbonyl (C=O) groups excluding carboxylic acids is 3. The lowest BCUT2D eigenvalue weighted by atomic mass is 10.1. The van der Waals surface area contributed by atoms with Crippen LogP contribution in [0.2, 0.25) is 0 Å². The summed E-state index contributed by atoms with van der Waals surface area (Å²) in [7, 11) is 0. The first-order valence-electron chi connectivity index (χ1n) is 8.94. The summed E-state index contributed by atoms with van der Waals surface area (Å²) < 4.78 is 0. The van der Waals surface area contributed by atoms with E-state index < -0.39 is 98.1 Å². The summed E-state index contributed by atoms with van der Waals surface area (Å²) in [6.07, 6.45) is -3.24.